The van der Waals surface area contributed by atoms with Crippen LogP contribution in [0.5, 0.6) is 0 Å². The Hall–Kier alpha value is -0.120. The molecule has 0 aromatic carbocycles. The molecule has 0 bridgehead atoms. The number of aliphatic hydroxyl groups is 1. The molecule has 15 heavy (non-hydrogen) atoms. The normalized spacial score (nSPS) is 21.4. The van der Waals surface area contributed by atoms with E-state index in [2.05, 4.69) is 11.9 Å². The lowest BCUT2D eigenvalue weighted by atomic mass is 9.90. The number of nitrogens with zero attached hydrogens (tertiary/aromatic N) is 1. The van der Waals surface area contributed by atoms with Crippen LogP contribution in [0, 0.1) is 0 Å². The smallest absolute Gasteiger partial charge is 0.0611 e. The average Bonchev–Trinajstić information content (AvgIpc) is 2.15. The molecule has 1 unspecified atom stereocenters. The Morgan fingerprint density at radius 1 is 1.47 bits per heavy atom. The van der Waals surface area contributed by atoms with Crippen molar-refractivity contribution in [3.05, 3.63) is 0 Å². The van der Waals surface area contributed by atoms with Crippen molar-refractivity contribution in [2.24, 2.45) is 5.73 Å². The van der Waals surface area contributed by atoms with Gasteiger partial charge in [-0.25, -0.2) is 0 Å². The first-order valence-corrected chi connectivity index (χ1v) is 6.21. The molecule has 0 aliphatic heterocycles. The van der Waals surface area contributed by atoms with Gasteiger partial charge in [0.25, 0.3) is 0 Å². The standard InChI is InChI=1S/C12H26N2O/c1-3-12(13,10-15)8-5-9-14(2)11-6-4-7-11/h11,15H,3-10,13H2,1-2H3. The summed E-state index contributed by atoms with van der Waals surface area (Å²) in [4.78, 5) is 2.44. The first-order chi connectivity index (χ1) is 7.11. The largest absolute Gasteiger partial charge is 0.394 e. The molecular weight excluding hydrogens is 188 g/mol. The maximum absolute atomic E-state index is 9.18. The van der Waals surface area contributed by atoms with Crippen molar-refractivity contribution in [2.75, 3.05) is 20.2 Å². The molecule has 1 aliphatic rings. The predicted molar refractivity (Wildman–Crippen MR) is 63.8 cm³/mol. The van der Waals surface area contributed by atoms with Crippen LogP contribution in [0.3, 0.4) is 0 Å². The molecule has 0 radical (unpaired) electrons. The van der Waals surface area contributed by atoms with E-state index in [0.29, 0.717) is 0 Å². The Labute approximate surface area is 93.6 Å². The molecule has 0 amide bonds. The van der Waals surface area contributed by atoms with E-state index in [-0.39, 0.29) is 12.1 Å². The molecule has 0 aromatic rings. The lowest BCUT2D eigenvalue weighted by Crippen LogP contribution is -2.44. The lowest BCUT2D eigenvalue weighted by Gasteiger charge is -2.35. The molecule has 1 saturated carbocycles. The van der Waals surface area contributed by atoms with Gasteiger partial charge >= 0.3 is 0 Å². The van der Waals surface area contributed by atoms with Crippen LogP contribution in [0.15, 0.2) is 0 Å². The van der Waals surface area contributed by atoms with Crippen molar-refractivity contribution >= 4 is 0 Å². The number of rotatable bonds is 7. The molecule has 0 heterocycles. The molecule has 90 valence electrons. The van der Waals surface area contributed by atoms with Gasteiger partial charge in [-0.2, -0.15) is 0 Å². The molecule has 3 heteroatoms. The number of aliphatic hydroxyl groups excluding tert-OH is 1. The summed E-state index contributed by atoms with van der Waals surface area (Å²) in [5.41, 5.74) is 5.69. The Kier molecular flexibility index (Phi) is 5.03. The topological polar surface area (TPSA) is 49.5 Å². The molecule has 0 spiro atoms. The first-order valence-electron chi connectivity index (χ1n) is 6.21. The predicted octanol–water partition coefficient (Wildman–Crippen LogP) is 1.35. The van der Waals surface area contributed by atoms with E-state index in [1.165, 1.54) is 19.3 Å². The Bertz CT molecular complexity index is 176. The van der Waals surface area contributed by atoms with Crippen molar-refractivity contribution in [3.63, 3.8) is 0 Å². The zero-order valence-corrected chi connectivity index (χ0v) is 10.2. The third kappa shape index (κ3) is 3.74. The summed E-state index contributed by atoms with van der Waals surface area (Å²) in [6.07, 6.45) is 6.99. The van der Waals surface area contributed by atoms with Crippen LogP contribution in [0.2, 0.25) is 0 Å². The fourth-order valence-electron chi connectivity index (χ4n) is 2.06. The number of hydrogen-bond donors (Lipinski definition) is 2. The summed E-state index contributed by atoms with van der Waals surface area (Å²) in [5.74, 6) is 0. The third-order valence-electron chi connectivity index (χ3n) is 3.90. The van der Waals surface area contributed by atoms with Crippen LogP contribution in [-0.2, 0) is 0 Å². The van der Waals surface area contributed by atoms with E-state index < -0.39 is 0 Å². The molecule has 3 N–H and O–H groups in total. The fraction of sp³-hybridized carbons (Fsp3) is 1.00. The zero-order chi connectivity index (χ0) is 11.3. The number of nitrogens with two attached hydrogens (primary N) is 1. The van der Waals surface area contributed by atoms with Crippen LogP contribution in [0.4, 0.5) is 0 Å². The second-order valence-electron chi connectivity index (χ2n) is 5.04. The minimum absolute atomic E-state index is 0.108. The summed E-state index contributed by atoms with van der Waals surface area (Å²) in [6.45, 7) is 3.27. The van der Waals surface area contributed by atoms with Crippen LogP contribution in [0.1, 0.15) is 45.4 Å². The van der Waals surface area contributed by atoms with Gasteiger partial charge in [0.2, 0.25) is 0 Å². The highest BCUT2D eigenvalue weighted by Crippen LogP contribution is 2.24. The van der Waals surface area contributed by atoms with E-state index in [1.54, 1.807) is 0 Å². The quantitative estimate of drug-likeness (QED) is 0.672. The fourth-order valence-corrected chi connectivity index (χ4v) is 2.06. The maximum atomic E-state index is 9.18. The lowest BCUT2D eigenvalue weighted by molar-refractivity contribution is 0.141. The highest BCUT2D eigenvalue weighted by molar-refractivity contribution is 4.83. The van der Waals surface area contributed by atoms with Crippen molar-refractivity contribution in [3.8, 4) is 0 Å². The van der Waals surface area contributed by atoms with E-state index in [0.717, 1.165) is 31.8 Å². The second kappa shape index (κ2) is 5.83. The van der Waals surface area contributed by atoms with Gasteiger partial charge in [-0.05, 0) is 45.7 Å². The molecule has 1 atom stereocenters. The molecule has 1 rings (SSSR count). The molecule has 0 aromatic heterocycles. The van der Waals surface area contributed by atoms with Crippen LogP contribution in [-0.4, -0.2) is 41.8 Å². The van der Waals surface area contributed by atoms with Gasteiger partial charge in [0.1, 0.15) is 0 Å². The third-order valence-corrected chi connectivity index (χ3v) is 3.90. The van der Waals surface area contributed by atoms with E-state index >= 15 is 0 Å². The van der Waals surface area contributed by atoms with Crippen molar-refractivity contribution in [2.45, 2.75) is 57.0 Å². The zero-order valence-electron chi connectivity index (χ0n) is 10.2. The van der Waals surface area contributed by atoms with Crippen molar-refractivity contribution < 1.29 is 5.11 Å². The van der Waals surface area contributed by atoms with Gasteiger partial charge in [-0.15, -0.1) is 0 Å². The summed E-state index contributed by atoms with van der Waals surface area (Å²) in [5, 5.41) is 9.18. The summed E-state index contributed by atoms with van der Waals surface area (Å²) >= 11 is 0. The first kappa shape index (κ1) is 12.9. The Morgan fingerprint density at radius 2 is 2.13 bits per heavy atom. The van der Waals surface area contributed by atoms with Gasteiger partial charge in [0.05, 0.1) is 6.61 Å². The average molecular weight is 214 g/mol. The SMILES string of the molecule is CCC(N)(CO)CCCN(C)C1CCC1. The second-order valence-corrected chi connectivity index (χ2v) is 5.04. The van der Waals surface area contributed by atoms with E-state index in [1.807, 2.05) is 6.92 Å². The van der Waals surface area contributed by atoms with E-state index in [9.17, 15) is 5.11 Å². The minimum Gasteiger partial charge on any atom is -0.394 e. The van der Waals surface area contributed by atoms with Crippen molar-refractivity contribution in [1.82, 2.24) is 4.90 Å². The summed E-state index contributed by atoms with van der Waals surface area (Å²) in [7, 11) is 2.20. The summed E-state index contributed by atoms with van der Waals surface area (Å²) in [6, 6.07) is 0.813. The van der Waals surface area contributed by atoms with Gasteiger partial charge in [0, 0.05) is 11.6 Å². The van der Waals surface area contributed by atoms with Crippen LogP contribution in [0.25, 0.3) is 0 Å². The summed E-state index contributed by atoms with van der Waals surface area (Å²) < 4.78 is 0. The van der Waals surface area contributed by atoms with E-state index in [4.69, 9.17) is 5.73 Å². The number of hydrogen-bond acceptors (Lipinski definition) is 3. The van der Waals surface area contributed by atoms with Gasteiger partial charge in [0.15, 0.2) is 0 Å². The molecule has 0 saturated heterocycles. The van der Waals surface area contributed by atoms with Gasteiger partial charge in [-0.1, -0.05) is 13.3 Å². The Balaban J connectivity index is 2.13. The maximum Gasteiger partial charge on any atom is 0.0611 e. The highest BCUT2D eigenvalue weighted by atomic mass is 16.3. The molecule has 1 fully saturated rings. The van der Waals surface area contributed by atoms with Crippen LogP contribution < -0.4 is 5.73 Å². The van der Waals surface area contributed by atoms with Crippen LogP contribution >= 0.6 is 0 Å². The highest BCUT2D eigenvalue weighted by Gasteiger charge is 2.24. The molecule has 3 nitrogen and oxygen atoms in total. The molecule has 1 aliphatic carbocycles. The monoisotopic (exact) mass is 214 g/mol. The Morgan fingerprint density at radius 3 is 2.53 bits per heavy atom. The van der Waals surface area contributed by atoms with Gasteiger partial charge < -0.3 is 15.7 Å². The van der Waals surface area contributed by atoms with Gasteiger partial charge in [-0.3, -0.25) is 0 Å². The van der Waals surface area contributed by atoms with Crippen molar-refractivity contribution in [1.29, 1.82) is 0 Å². The minimum atomic E-state index is -0.347. The molecular formula is C12H26N2O.